The number of hydrogen-bond donors (Lipinski definition) is 0. The number of hydrogen-bond acceptors (Lipinski definition) is 2. The van der Waals surface area contributed by atoms with E-state index in [1.54, 1.807) is 18.7 Å². The van der Waals surface area contributed by atoms with Crippen molar-refractivity contribution in [1.29, 1.82) is 0 Å². The first-order valence-corrected chi connectivity index (χ1v) is 7.73. The molecule has 0 spiro atoms. The Kier molecular flexibility index (Phi) is 5.36. The monoisotopic (exact) mass is 350 g/mol. The molecule has 0 radical (unpaired) electrons. The summed E-state index contributed by atoms with van der Waals surface area (Å²) in [6.45, 7) is 1.60. The third-order valence-corrected chi connectivity index (χ3v) is 4.56. The van der Waals surface area contributed by atoms with Crippen LogP contribution in [0.15, 0.2) is 23.1 Å². The van der Waals surface area contributed by atoms with Gasteiger partial charge in [0.15, 0.2) is 0 Å². The van der Waals surface area contributed by atoms with Gasteiger partial charge in [-0.15, -0.1) is 11.8 Å². The van der Waals surface area contributed by atoms with Crippen molar-refractivity contribution in [2.45, 2.75) is 22.0 Å². The third-order valence-electron chi connectivity index (χ3n) is 2.03. The summed E-state index contributed by atoms with van der Waals surface area (Å²) in [5.74, 6) is 0.133. The molecule has 82 valence electrons. The van der Waals surface area contributed by atoms with Crippen molar-refractivity contribution in [3.63, 3.8) is 0 Å². The predicted molar refractivity (Wildman–Crippen MR) is 73.2 cm³/mol. The first-order chi connectivity index (χ1) is 7.08. The molecule has 0 saturated heterocycles. The summed E-state index contributed by atoms with van der Waals surface area (Å²) < 4.78 is 0. The van der Waals surface area contributed by atoms with Crippen molar-refractivity contribution in [3.05, 3.63) is 29.3 Å². The van der Waals surface area contributed by atoms with Gasteiger partial charge in [0.25, 0.3) is 0 Å². The van der Waals surface area contributed by atoms with Crippen LogP contribution in [0.25, 0.3) is 0 Å². The van der Waals surface area contributed by atoms with Crippen LogP contribution in [0, 0.1) is 0 Å². The van der Waals surface area contributed by atoms with Gasteiger partial charge < -0.3 is 0 Å². The molecule has 1 unspecified atom stereocenters. The highest BCUT2D eigenvalue weighted by Crippen LogP contribution is 2.29. The molecule has 0 amide bonds. The zero-order valence-electron chi connectivity index (χ0n) is 8.59. The average Bonchev–Trinajstić information content (AvgIpc) is 2.27. The maximum atomic E-state index is 11.3. The van der Waals surface area contributed by atoms with Crippen LogP contribution in [0.1, 0.15) is 22.9 Å². The summed E-state index contributed by atoms with van der Waals surface area (Å²) in [6, 6.07) is 6.23. The van der Waals surface area contributed by atoms with Gasteiger partial charge in [-0.1, -0.05) is 37.9 Å². The molecule has 0 aliphatic heterocycles. The highest BCUT2D eigenvalue weighted by molar-refractivity contribution is 9.09. The molecular formula is C11H12Br2OS. The minimum Gasteiger partial charge on any atom is -0.298 e. The Morgan fingerprint density at radius 1 is 1.47 bits per heavy atom. The molecule has 0 heterocycles. The lowest BCUT2D eigenvalue weighted by atomic mass is 10.1. The third kappa shape index (κ3) is 3.61. The van der Waals surface area contributed by atoms with Gasteiger partial charge in [0.2, 0.25) is 0 Å². The molecule has 1 nitrogen and oxygen atoms in total. The number of Topliss-reactive ketones (excluding diaryl/α,β-unsaturated/α-hetero) is 1. The van der Waals surface area contributed by atoms with E-state index < -0.39 is 0 Å². The number of thioether (sulfide) groups is 1. The van der Waals surface area contributed by atoms with Crippen molar-refractivity contribution in [2.24, 2.45) is 0 Å². The van der Waals surface area contributed by atoms with Crippen molar-refractivity contribution < 1.29 is 4.79 Å². The van der Waals surface area contributed by atoms with Crippen LogP contribution >= 0.6 is 43.6 Å². The molecule has 1 atom stereocenters. The molecule has 1 aromatic carbocycles. The normalized spacial score (nSPS) is 12.5. The maximum absolute atomic E-state index is 11.3. The Hall–Kier alpha value is 0.200. The molecule has 0 saturated carbocycles. The molecule has 0 bridgehead atoms. The summed E-state index contributed by atoms with van der Waals surface area (Å²) in [5, 5.41) is 0.812. The van der Waals surface area contributed by atoms with Crippen LogP contribution in [0.3, 0.4) is 0 Å². The van der Waals surface area contributed by atoms with Crippen molar-refractivity contribution >= 4 is 49.4 Å². The maximum Gasteiger partial charge on any atom is 0.147 e. The van der Waals surface area contributed by atoms with Gasteiger partial charge in [0, 0.05) is 10.2 Å². The Morgan fingerprint density at radius 3 is 2.60 bits per heavy atom. The molecule has 0 fully saturated rings. The highest BCUT2D eigenvalue weighted by atomic mass is 79.9. The number of halogens is 2. The first-order valence-electron chi connectivity index (χ1n) is 4.46. The lowest BCUT2D eigenvalue weighted by Crippen LogP contribution is -2.01. The van der Waals surface area contributed by atoms with Crippen molar-refractivity contribution in [2.75, 3.05) is 6.26 Å². The second kappa shape index (κ2) is 6.06. The largest absolute Gasteiger partial charge is 0.298 e. The number of rotatable bonds is 4. The minimum absolute atomic E-state index is 0.133. The van der Waals surface area contributed by atoms with E-state index in [-0.39, 0.29) is 10.6 Å². The molecule has 0 aliphatic rings. The number of ketones is 1. The second-order valence-corrected chi connectivity index (χ2v) is 5.58. The molecule has 0 N–H and O–H groups in total. The second-order valence-electron chi connectivity index (χ2n) is 3.22. The van der Waals surface area contributed by atoms with Gasteiger partial charge in [0.05, 0.1) is 4.83 Å². The Balaban J connectivity index is 3.11. The average molecular weight is 352 g/mol. The molecular weight excluding hydrogens is 340 g/mol. The highest BCUT2D eigenvalue weighted by Gasteiger charge is 2.13. The standard InChI is InChI=1S/C11H12Br2OS/c1-7(14)11(13)9-3-8(6-12)4-10(5-9)15-2/h3-5,11H,6H2,1-2H3. The Morgan fingerprint density at radius 2 is 2.13 bits per heavy atom. The van der Waals surface area contributed by atoms with Crippen molar-refractivity contribution in [1.82, 2.24) is 0 Å². The number of carbonyl (C=O) groups excluding carboxylic acids is 1. The van der Waals surface area contributed by atoms with Crippen LogP contribution in [-0.2, 0) is 10.1 Å². The summed E-state index contributed by atoms with van der Waals surface area (Å²) in [6.07, 6.45) is 2.04. The minimum atomic E-state index is -0.192. The Bertz CT molecular complexity index is 343. The molecule has 0 aliphatic carbocycles. The summed E-state index contributed by atoms with van der Waals surface area (Å²) in [4.78, 5) is 12.3. The summed E-state index contributed by atoms with van der Waals surface area (Å²) in [7, 11) is 0. The SMILES string of the molecule is CSc1cc(CBr)cc(C(Br)C(C)=O)c1. The van der Waals surface area contributed by atoms with Crippen molar-refractivity contribution in [3.8, 4) is 0 Å². The van der Waals surface area contributed by atoms with Crippen LogP contribution in [-0.4, -0.2) is 12.0 Å². The molecule has 4 heteroatoms. The smallest absolute Gasteiger partial charge is 0.147 e. The first kappa shape index (κ1) is 13.3. The van der Waals surface area contributed by atoms with Gasteiger partial charge >= 0.3 is 0 Å². The topological polar surface area (TPSA) is 17.1 Å². The van der Waals surface area contributed by atoms with E-state index in [0.29, 0.717) is 0 Å². The summed E-state index contributed by atoms with van der Waals surface area (Å²) >= 11 is 8.52. The van der Waals surface area contributed by atoms with E-state index in [4.69, 9.17) is 0 Å². The fraction of sp³-hybridized carbons (Fsp3) is 0.364. The fourth-order valence-corrected chi connectivity index (χ4v) is 2.37. The quantitative estimate of drug-likeness (QED) is 0.593. The van der Waals surface area contributed by atoms with Crippen LogP contribution < -0.4 is 0 Å². The number of benzene rings is 1. The lowest BCUT2D eigenvalue weighted by molar-refractivity contribution is -0.116. The fourth-order valence-electron chi connectivity index (χ4n) is 1.26. The van der Waals surface area contributed by atoms with Gasteiger partial charge in [-0.05, 0) is 36.4 Å². The van der Waals surface area contributed by atoms with E-state index in [9.17, 15) is 4.79 Å². The predicted octanol–water partition coefficient (Wildman–Crippen LogP) is 4.33. The molecule has 15 heavy (non-hydrogen) atoms. The van der Waals surface area contributed by atoms with Gasteiger partial charge in [0.1, 0.15) is 5.78 Å². The van der Waals surface area contributed by atoms with Crippen LogP contribution in [0.4, 0.5) is 0 Å². The van der Waals surface area contributed by atoms with Gasteiger partial charge in [-0.2, -0.15) is 0 Å². The molecule has 1 aromatic rings. The number of carbonyl (C=O) groups is 1. The van der Waals surface area contributed by atoms with E-state index in [2.05, 4.69) is 50.1 Å². The Labute approximate surface area is 111 Å². The van der Waals surface area contributed by atoms with E-state index in [0.717, 1.165) is 10.9 Å². The van der Waals surface area contributed by atoms with Gasteiger partial charge in [-0.25, -0.2) is 0 Å². The van der Waals surface area contributed by atoms with Crippen LogP contribution in [0.2, 0.25) is 0 Å². The van der Waals surface area contributed by atoms with E-state index >= 15 is 0 Å². The van der Waals surface area contributed by atoms with Crippen LogP contribution in [0.5, 0.6) is 0 Å². The van der Waals surface area contributed by atoms with Gasteiger partial charge in [-0.3, -0.25) is 4.79 Å². The van der Waals surface area contributed by atoms with E-state index in [1.165, 1.54) is 10.5 Å². The molecule has 1 rings (SSSR count). The van der Waals surface area contributed by atoms with E-state index in [1.807, 2.05) is 6.26 Å². The zero-order valence-corrected chi connectivity index (χ0v) is 12.6. The summed E-state index contributed by atoms with van der Waals surface area (Å²) in [5.41, 5.74) is 2.23. The molecule has 0 aromatic heterocycles. The number of alkyl halides is 2. The zero-order chi connectivity index (χ0) is 11.4. The lowest BCUT2D eigenvalue weighted by Gasteiger charge is -2.10.